The third-order valence-electron chi connectivity index (χ3n) is 21.1. The van der Waals surface area contributed by atoms with Gasteiger partial charge < -0.3 is 0 Å². The maximum atomic E-state index is 1.78. The van der Waals surface area contributed by atoms with Gasteiger partial charge >= 0.3 is 0 Å². The molecule has 0 saturated heterocycles. The molecule has 0 heteroatoms. The van der Waals surface area contributed by atoms with Gasteiger partial charge in [0.15, 0.2) is 0 Å². The van der Waals surface area contributed by atoms with Gasteiger partial charge in [-0.25, -0.2) is 0 Å². The van der Waals surface area contributed by atoms with Crippen molar-refractivity contribution in [2.45, 2.75) is 25.7 Å². The summed E-state index contributed by atoms with van der Waals surface area (Å²) in [4.78, 5) is 0. The van der Waals surface area contributed by atoms with Gasteiger partial charge in [0.2, 0.25) is 0 Å². The predicted octanol–water partition coefficient (Wildman–Crippen LogP) is 3.28. The number of hydrogen-bond acceptors (Lipinski definition) is 0. The van der Waals surface area contributed by atoms with Gasteiger partial charge in [0, 0.05) is 0 Å². The molecule has 0 heterocycles. The van der Waals surface area contributed by atoms with Crippen molar-refractivity contribution in [3.05, 3.63) is 0 Å². The van der Waals surface area contributed by atoms with Crippen molar-refractivity contribution in [1.82, 2.24) is 0 Å². The van der Waals surface area contributed by atoms with E-state index >= 15 is 0 Å². The summed E-state index contributed by atoms with van der Waals surface area (Å²) in [5.41, 5.74) is 9.96. The van der Waals surface area contributed by atoms with Crippen LogP contribution in [0.1, 0.15) is 25.7 Å². The largest absolute Gasteiger partial charge is 0.0464 e. The van der Waals surface area contributed by atoms with Crippen molar-refractivity contribution < 1.29 is 0 Å². The van der Waals surface area contributed by atoms with Crippen molar-refractivity contribution in [1.29, 1.82) is 0 Å². The van der Waals surface area contributed by atoms with Gasteiger partial charge in [0.05, 0.1) is 0 Å². The highest BCUT2D eigenvalue weighted by atomic mass is 15.5. The number of fused-ring (bicyclic) bond motifs is 9. The minimum absolute atomic E-state index is 1.08. The summed E-state index contributed by atoms with van der Waals surface area (Å²) in [5.74, 6) is 18.9. The standard InChI is InChI=1S/C27H22/c1-5-2-9-13-17-15-11-4-8-7-3-10-14-16-12-6(1)18-19(5,9)23(13)22(12,18)26(16)24(14)20(7,10)21(8,11)25(15,24)27(17,23)26/h5-18H,1-4H2. The van der Waals surface area contributed by atoms with E-state index in [2.05, 4.69) is 0 Å². The predicted molar refractivity (Wildman–Crippen MR) is 89.2 cm³/mol. The first-order valence-corrected chi connectivity index (χ1v) is 13.4. The summed E-state index contributed by atoms with van der Waals surface area (Å²) in [5, 5.41) is 0. The van der Waals surface area contributed by atoms with Crippen LogP contribution in [0.15, 0.2) is 0 Å². The highest BCUT2D eigenvalue weighted by Crippen LogP contribution is 3.46. The van der Waals surface area contributed by atoms with Crippen LogP contribution in [0.3, 0.4) is 0 Å². The molecular formula is C27H22. The second kappa shape index (κ2) is 1.62. The zero-order valence-corrected chi connectivity index (χ0v) is 15.4. The molecule has 0 aromatic carbocycles. The maximum Gasteiger partial charge on any atom is -0.00507 e. The van der Waals surface area contributed by atoms with E-state index in [-0.39, 0.29) is 0 Å². The van der Waals surface area contributed by atoms with Gasteiger partial charge in [0.25, 0.3) is 0 Å². The summed E-state index contributed by atoms with van der Waals surface area (Å²) in [6.45, 7) is 0. The van der Waals surface area contributed by atoms with Crippen LogP contribution in [0.2, 0.25) is 0 Å². The number of rotatable bonds is 0. The van der Waals surface area contributed by atoms with Crippen LogP contribution in [0, 0.1) is 132 Å². The lowest BCUT2D eigenvalue weighted by atomic mass is 8.58. The lowest BCUT2D eigenvalue weighted by Gasteiger charge is -3.45. The summed E-state index contributed by atoms with van der Waals surface area (Å²) < 4.78 is 0. The Balaban J connectivity index is 1.16. The van der Waals surface area contributed by atoms with Crippen LogP contribution in [0.5, 0.6) is 0 Å². The lowest BCUT2D eigenvalue weighted by molar-refractivity contribution is -0.997. The molecule has 27 heavy (non-hydrogen) atoms. The molecule has 0 aromatic heterocycles. The molecule has 17 aliphatic rings. The Kier molecular flexibility index (Phi) is 0.594. The molecule has 0 aromatic rings. The molecule has 0 amide bonds. The molecule has 23 atom stereocenters. The molecule has 0 radical (unpaired) electrons. The molecule has 17 fully saturated rings. The van der Waals surface area contributed by atoms with Gasteiger partial charge in [-0.2, -0.15) is 0 Å². The zero-order valence-electron chi connectivity index (χ0n) is 15.4. The van der Waals surface area contributed by atoms with Crippen molar-refractivity contribution in [2.24, 2.45) is 132 Å². The average molecular weight is 346 g/mol. The van der Waals surface area contributed by atoms with E-state index in [0.717, 1.165) is 48.7 Å². The first-order chi connectivity index (χ1) is 13.4. The molecule has 0 aliphatic heterocycles. The van der Waals surface area contributed by atoms with E-state index in [9.17, 15) is 0 Å². The maximum absolute atomic E-state index is 1.78. The highest BCUT2D eigenvalue weighted by molar-refractivity contribution is 5.90. The Morgan fingerprint density at radius 3 is 1.93 bits per heavy atom. The minimum Gasteiger partial charge on any atom is -0.0464 e. The summed E-state index contributed by atoms with van der Waals surface area (Å²) in [7, 11) is 0. The topological polar surface area (TPSA) is 0 Å². The molecule has 9 spiro atoms. The van der Waals surface area contributed by atoms with Crippen molar-refractivity contribution >= 4 is 0 Å². The Morgan fingerprint density at radius 2 is 1.11 bits per heavy atom. The summed E-state index contributed by atoms with van der Waals surface area (Å²) in [6, 6.07) is 0. The van der Waals surface area contributed by atoms with E-state index in [4.69, 9.17) is 0 Å². The van der Waals surface area contributed by atoms with Crippen molar-refractivity contribution in [3.8, 4) is 0 Å². The Labute approximate surface area is 157 Å². The van der Waals surface area contributed by atoms with Gasteiger partial charge in [-0.05, 0) is 157 Å². The van der Waals surface area contributed by atoms with Crippen LogP contribution < -0.4 is 0 Å². The third kappa shape index (κ3) is 0.262. The van der Waals surface area contributed by atoms with Crippen molar-refractivity contribution in [2.75, 3.05) is 0 Å². The van der Waals surface area contributed by atoms with Gasteiger partial charge in [-0.15, -0.1) is 0 Å². The molecular weight excluding hydrogens is 324 g/mol. The first-order valence-electron chi connectivity index (χ1n) is 13.4. The van der Waals surface area contributed by atoms with Crippen LogP contribution in [0.4, 0.5) is 0 Å². The molecule has 17 rings (SSSR count). The lowest BCUT2D eigenvalue weighted by Crippen LogP contribution is -3.43. The molecule has 17 saturated carbocycles. The second-order valence-electron chi connectivity index (χ2n) is 16.5. The second-order valence-corrected chi connectivity index (χ2v) is 16.5. The fraction of sp³-hybridized carbons (Fsp3) is 1.00. The van der Waals surface area contributed by atoms with Crippen LogP contribution in [-0.2, 0) is 0 Å². The normalized spacial score (nSPS) is 124. The van der Waals surface area contributed by atoms with Crippen LogP contribution in [0.25, 0.3) is 0 Å². The van der Waals surface area contributed by atoms with Crippen LogP contribution in [-0.4, -0.2) is 0 Å². The first kappa shape index (κ1) is 9.87. The zero-order chi connectivity index (χ0) is 15.4. The Hall–Kier alpha value is 0. The third-order valence-corrected chi connectivity index (χ3v) is 21.1. The Bertz CT molecular complexity index is 1320. The summed E-state index contributed by atoms with van der Waals surface area (Å²) >= 11 is 0. The van der Waals surface area contributed by atoms with E-state index in [1.807, 2.05) is 0 Å². The quantitative estimate of drug-likeness (QED) is 0.631. The molecule has 0 nitrogen and oxygen atoms in total. The smallest absolute Gasteiger partial charge is 0.00507 e. The SMILES string of the molecule is C1C2C3C4C5C6CC7C8CC9C%10C%11C%12C%13CC1C%131C2C32C%121C%111C%103C89C76C53C421. The number of hydrogen-bond donors (Lipinski definition) is 0. The average Bonchev–Trinajstić information content (AvgIpc) is 2.76. The fourth-order valence-electron chi connectivity index (χ4n) is 25.3. The molecule has 130 valence electrons. The van der Waals surface area contributed by atoms with E-state index < -0.39 is 0 Å². The fourth-order valence-corrected chi connectivity index (χ4v) is 25.3. The molecule has 0 bridgehead atoms. The van der Waals surface area contributed by atoms with Gasteiger partial charge in [-0.3, -0.25) is 0 Å². The van der Waals surface area contributed by atoms with Crippen molar-refractivity contribution in [3.63, 3.8) is 0 Å². The van der Waals surface area contributed by atoms with E-state index in [0.29, 0.717) is 0 Å². The van der Waals surface area contributed by atoms with Gasteiger partial charge in [0.1, 0.15) is 0 Å². The Morgan fingerprint density at radius 1 is 0.444 bits per heavy atom. The monoisotopic (exact) mass is 346 g/mol. The van der Waals surface area contributed by atoms with E-state index in [1.54, 1.807) is 25.7 Å². The molecule has 23 unspecified atom stereocenters. The molecule has 17 aliphatic carbocycles. The summed E-state index contributed by atoms with van der Waals surface area (Å²) in [6.07, 6.45) is 7.08. The van der Waals surface area contributed by atoms with Gasteiger partial charge in [-0.1, -0.05) is 0 Å². The minimum atomic E-state index is 1.08. The highest BCUT2D eigenvalue weighted by Gasteiger charge is 3.45. The molecule has 0 N–H and O–H groups in total. The van der Waals surface area contributed by atoms with Crippen LogP contribution >= 0.6 is 0 Å². The van der Waals surface area contributed by atoms with E-state index in [1.165, 1.54) is 82.9 Å².